The van der Waals surface area contributed by atoms with E-state index in [0.29, 0.717) is 11.6 Å². The Morgan fingerprint density at radius 2 is 1.60 bits per heavy atom. The van der Waals surface area contributed by atoms with Gasteiger partial charge in [0.05, 0.1) is 17.0 Å². The number of carbonyl (C=O) groups is 2. The number of rotatable bonds is 12. The summed E-state index contributed by atoms with van der Waals surface area (Å²) >= 11 is 0. The summed E-state index contributed by atoms with van der Waals surface area (Å²) in [7, 11) is -4.08. The number of amides is 2. The molecule has 10 heteroatoms. The number of hydrogen-bond donors (Lipinski definition) is 4. The van der Waals surface area contributed by atoms with E-state index in [-0.39, 0.29) is 36.9 Å². The summed E-state index contributed by atoms with van der Waals surface area (Å²) < 4.78 is 28.9. The number of nitrogens with one attached hydrogen (secondary N) is 3. The van der Waals surface area contributed by atoms with Crippen molar-refractivity contribution in [1.29, 1.82) is 0 Å². The molecule has 1 fully saturated rings. The molecular formula is C47H51N5O4S. The van der Waals surface area contributed by atoms with Crippen LogP contribution in [0, 0.1) is 5.92 Å². The van der Waals surface area contributed by atoms with Crippen molar-refractivity contribution in [2.75, 3.05) is 25.0 Å². The minimum absolute atomic E-state index is 0.0171. The Kier molecular flexibility index (Phi) is 11.1. The lowest BCUT2D eigenvalue weighted by atomic mass is 9.75. The Hall–Kier alpha value is -5.13. The van der Waals surface area contributed by atoms with Gasteiger partial charge in [-0.05, 0) is 111 Å². The van der Waals surface area contributed by atoms with Crippen molar-refractivity contribution >= 4 is 59.8 Å². The van der Waals surface area contributed by atoms with E-state index in [1.807, 2.05) is 24.3 Å². The van der Waals surface area contributed by atoms with Crippen LogP contribution >= 0.6 is 0 Å². The number of benzene rings is 6. The summed E-state index contributed by atoms with van der Waals surface area (Å²) in [6.45, 7) is 6.77. The third kappa shape index (κ3) is 7.67. The van der Waals surface area contributed by atoms with Gasteiger partial charge in [0.2, 0.25) is 21.8 Å². The van der Waals surface area contributed by atoms with Crippen LogP contribution in [0.25, 0.3) is 32.3 Å². The number of nitrogens with two attached hydrogens (primary N) is 1. The SMILES string of the molecule is CC(C)CCNCc1cc2c3c(ccc2c2ccccc12)[C@H](c1ccc2ccccc2c1NC(=O)C[C@@H]1C(=O)NCCN1S(=O)(=O)c1ccc(CN)cc1)CCC3. The van der Waals surface area contributed by atoms with Crippen LogP contribution in [0.3, 0.4) is 0 Å². The summed E-state index contributed by atoms with van der Waals surface area (Å²) in [6.07, 6.45) is 3.67. The average molecular weight is 782 g/mol. The number of hydrogen-bond acceptors (Lipinski definition) is 6. The summed E-state index contributed by atoms with van der Waals surface area (Å²) in [5.74, 6) is -0.262. The minimum atomic E-state index is -4.08. The second-order valence-corrected chi connectivity index (χ2v) is 17.8. The van der Waals surface area contributed by atoms with Gasteiger partial charge in [-0.2, -0.15) is 4.31 Å². The molecule has 57 heavy (non-hydrogen) atoms. The lowest BCUT2D eigenvalue weighted by Gasteiger charge is -2.34. The Labute approximate surface area is 335 Å². The lowest BCUT2D eigenvalue weighted by molar-refractivity contribution is -0.130. The first kappa shape index (κ1) is 38.7. The normalized spacial score (nSPS) is 17.6. The molecule has 1 aliphatic heterocycles. The van der Waals surface area contributed by atoms with Gasteiger partial charge in [-0.15, -0.1) is 0 Å². The van der Waals surface area contributed by atoms with Crippen LogP contribution in [0.2, 0.25) is 0 Å². The monoisotopic (exact) mass is 781 g/mol. The molecule has 0 radical (unpaired) electrons. The van der Waals surface area contributed by atoms with Gasteiger partial charge >= 0.3 is 0 Å². The zero-order valence-corrected chi connectivity index (χ0v) is 33.5. The first-order chi connectivity index (χ1) is 27.6. The number of carbonyl (C=O) groups excluding carboxylic acids is 2. The second-order valence-electron chi connectivity index (χ2n) is 15.9. The molecule has 8 rings (SSSR count). The zero-order valence-electron chi connectivity index (χ0n) is 32.7. The molecule has 0 aromatic heterocycles. The third-order valence-electron chi connectivity index (χ3n) is 11.8. The molecular weight excluding hydrogens is 731 g/mol. The van der Waals surface area contributed by atoms with Crippen molar-refractivity contribution < 1.29 is 18.0 Å². The maximum Gasteiger partial charge on any atom is 0.243 e. The average Bonchev–Trinajstić information content (AvgIpc) is 3.22. The molecule has 6 aromatic rings. The first-order valence-corrected chi connectivity index (χ1v) is 21.6. The highest BCUT2D eigenvalue weighted by Crippen LogP contribution is 2.45. The highest BCUT2D eigenvalue weighted by atomic mass is 32.2. The standard InChI is InChI=1S/C47H51N5O4S/c1-30(2)22-23-49-29-33-26-43-39-13-7-12-38(40(39)20-21-41(43)37-11-6-5-9-35(33)37)42-19-16-32-8-3-4-10-36(32)46(42)51-45(53)27-44-47(54)50-24-25-52(44)57(55,56)34-17-14-31(28-48)15-18-34/h3-6,8-11,14-21,26,30,38,44,49H,7,12-13,22-25,27-29,48H2,1-2H3,(H,50,54)(H,51,53)/t38-,44-/m1/s1. The Balaban J connectivity index is 1.15. The topological polar surface area (TPSA) is 134 Å². The number of anilines is 1. The van der Waals surface area contributed by atoms with Gasteiger partial charge in [-0.1, -0.05) is 98.8 Å². The van der Waals surface area contributed by atoms with E-state index in [0.717, 1.165) is 65.0 Å². The quantitative estimate of drug-likeness (QED) is 0.0743. The zero-order chi connectivity index (χ0) is 39.7. The van der Waals surface area contributed by atoms with Crippen LogP contribution in [0.4, 0.5) is 5.69 Å². The second kappa shape index (κ2) is 16.4. The molecule has 0 bridgehead atoms. The molecule has 2 amide bonds. The molecule has 294 valence electrons. The largest absolute Gasteiger partial charge is 0.353 e. The van der Waals surface area contributed by atoms with Gasteiger partial charge in [0.1, 0.15) is 6.04 Å². The van der Waals surface area contributed by atoms with Gasteiger partial charge in [0, 0.05) is 37.5 Å². The first-order valence-electron chi connectivity index (χ1n) is 20.2. The predicted octanol–water partition coefficient (Wildman–Crippen LogP) is 7.73. The van der Waals surface area contributed by atoms with Gasteiger partial charge in [-0.3, -0.25) is 9.59 Å². The molecule has 2 atom stereocenters. The fourth-order valence-corrected chi connectivity index (χ4v) is 10.4. The summed E-state index contributed by atoms with van der Waals surface area (Å²) in [5, 5.41) is 16.6. The van der Waals surface area contributed by atoms with E-state index in [1.165, 1.54) is 50.4 Å². The van der Waals surface area contributed by atoms with Crippen molar-refractivity contribution in [3.8, 4) is 0 Å². The summed E-state index contributed by atoms with van der Waals surface area (Å²) in [4.78, 5) is 27.6. The maximum absolute atomic E-state index is 14.2. The van der Waals surface area contributed by atoms with Crippen molar-refractivity contribution in [3.05, 3.63) is 131 Å². The summed E-state index contributed by atoms with van der Waals surface area (Å²) in [6, 6.07) is 33.0. The number of piperazine rings is 1. The molecule has 0 spiro atoms. The molecule has 0 saturated carbocycles. The number of nitrogens with zero attached hydrogens (tertiary/aromatic N) is 1. The van der Waals surface area contributed by atoms with E-state index in [4.69, 9.17) is 5.73 Å². The highest BCUT2D eigenvalue weighted by molar-refractivity contribution is 7.89. The molecule has 9 nitrogen and oxygen atoms in total. The van der Waals surface area contributed by atoms with E-state index in [1.54, 1.807) is 12.1 Å². The Morgan fingerprint density at radius 1 is 0.877 bits per heavy atom. The number of fused-ring (bicyclic) bond motifs is 6. The van der Waals surface area contributed by atoms with Crippen LogP contribution in [0.1, 0.15) is 73.3 Å². The lowest BCUT2D eigenvalue weighted by Crippen LogP contribution is -2.57. The van der Waals surface area contributed by atoms with E-state index in [2.05, 4.69) is 84.4 Å². The minimum Gasteiger partial charge on any atom is -0.353 e. The van der Waals surface area contributed by atoms with E-state index in [9.17, 15) is 18.0 Å². The van der Waals surface area contributed by atoms with Gasteiger partial charge in [-0.25, -0.2) is 8.42 Å². The van der Waals surface area contributed by atoms with Crippen molar-refractivity contribution in [2.24, 2.45) is 11.7 Å². The van der Waals surface area contributed by atoms with Crippen LogP contribution in [-0.4, -0.2) is 50.2 Å². The van der Waals surface area contributed by atoms with Crippen LogP contribution in [0.5, 0.6) is 0 Å². The third-order valence-corrected chi connectivity index (χ3v) is 13.7. The molecule has 6 aromatic carbocycles. The maximum atomic E-state index is 14.2. The number of aryl methyl sites for hydroxylation is 1. The van der Waals surface area contributed by atoms with Gasteiger partial charge < -0.3 is 21.7 Å². The van der Waals surface area contributed by atoms with Crippen LogP contribution < -0.4 is 21.7 Å². The van der Waals surface area contributed by atoms with E-state index >= 15 is 0 Å². The molecule has 1 heterocycles. The predicted molar refractivity (Wildman–Crippen MR) is 230 cm³/mol. The Bertz CT molecular complexity index is 2590. The molecule has 1 saturated heterocycles. The van der Waals surface area contributed by atoms with Crippen molar-refractivity contribution in [2.45, 2.75) is 75.9 Å². The van der Waals surface area contributed by atoms with Gasteiger partial charge in [0.25, 0.3) is 0 Å². The van der Waals surface area contributed by atoms with E-state index < -0.39 is 27.9 Å². The van der Waals surface area contributed by atoms with Crippen molar-refractivity contribution in [3.63, 3.8) is 0 Å². The summed E-state index contributed by atoms with van der Waals surface area (Å²) in [5.41, 5.74) is 12.2. The highest BCUT2D eigenvalue weighted by Gasteiger charge is 2.40. The van der Waals surface area contributed by atoms with Gasteiger partial charge in [0.15, 0.2) is 0 Å². The fraction of sp³-hybridized carbons (Fsp3) is 0.319. The fourth-order valence-electron chi connectivity index (χ4n) is 8.85. The van der Waals surface area contributed by atoms with Crippen molar-refractivity contribution in [1.82, 2.24) is 14.9 Å². The molecule has 2 aliphatic rings. The molecule has 1 aliphatic carbocycles. The molecule has 0 unspecified atom stereocenters. The smallest absolute Gasteiger partial charge is 0.243 e. The van der Waals surface area contributed by atoms with Crippen LogP contribution in [-0.2, 0) is 39.1 Å². The van der Waals surface area contributed by atoms with Crippen LogP contribution in [0.15, 0.2) is 108 Å². The number of sulfonamides is 1. The Morgan fingerprint density at radius 3 is 2.37 bits per heavy atom. The molecule has 5 N–H and O–H groups in total.